The molecule has 2 aromatic carbocycles. The quantitative estimate of drug-likeness (QED) is 0.879. The van der Waals surface area contributed by atoms with E-state index in [9.17, 15) is 0 Å². The van der Waals surface area contributed by atoms with E-state index >= 15 is 0 Å². The average molecular weight is 336 g/mol. The maximum Gasteiger partial charge on any atom is 0.124 e. The number of halogens is 1. The van der Waals surface area contributed by atoms with Crippen LogP contribution in [0.1, 0.15) is 11.1 Å². The smallest absolute Gasteiger partial charge is 0.124 e. The molecule has 0 fully saturated rings. The van der Waals surface area contributed by atoms with Gasteiger partial charge in [0.15, 0.2) is 0 Å². The molecule has 0 spiro atoms. The normalized spacial score (nSPS) is 10.2. The number of nitrogens with one attached hydrogen (secondary N) is 1. The van der Waals surface area contributed by atoms with Crippen molar-refractivity contribution in [3.05, 3.63) is 52.0 Å². The molecule has 4 heteroatoms. The summed E-state index contributed by atoms with van der Waals surface area (Å²) in [5, 5.41) is 3.38. The Labute approximate surface area is 128 Å². The van der Waals surface area contributed by atoms with Gasteiger partial charge in [0, 0.05) is 34.9 Å². The highest BCUT2D eigenvalue weighted by Crippen LogP contribution is 2.26. The Morgan fingerprint density at radius 1 is 1.00 bits per heavy atom. The van der Waals surface area contributed by atoms with Crippen LogP contribution in [0.2, 0.25) is 0 Å². The average Bonchev–Trinajstić information content (AvgIpc) is 2.48. The molecule has 0 unspecified atom stereocenters. The fourth-order valence-corrected chi connectivity index (χ4v) is 2.29. The summed E-state index contributed by atoms with van der Waals surface area (Å²) in [7, 11) is 3.30. The Morgan fingerprint density at radius 3 is 2.20 bits per heavy atom. The number of hydrogen-bond donors (Lipinski definition) is 1. The molecule has 0 bridgehead atoms. The summed E-state index contributed by atoms with van der Waals surface area (Å²) in [6.07, 6.45) is 0. The van der Waals surface area contributed by atoms with E-state index in [2.05, 4.69) is 46.4 Å². The lowest BCUT2D eigenvalue weighted by Crippen LogP contribution is -2.00. The molecule has 0 saturated heterocycles. The van der Waals surface area contributed by atoms with E-state index in [1.807, 2.05) is 18.2 Å². The molecule has 0 heterocycles. The summed E-state index contributed by atoms with van der Waals surface area (Å²) in [6.45, 7) is 2.82. The number of aryl methyl sites for hydroxylation is 1. The summed E-state index contributed by atoms with van der Waals surface area (Å²) >= 11 is 3.55. The molecule has 106 valence electrons. The molecule has 0 aliphatic rings. The van der Waals surface area contributed by atoms with Crippen LogP contribution in [0, 0.1) is 6.92 Å². The predicted octanol–water partition coefficient (Wildman–Crippen LogP) is 4.39. The second-order valence-corrected chi connectivity index (χ2v) is 5.39. The van der Waals surface area contributed by atoms with Gasteiger partial charge in [-0.25, -0.2) is 0 Å². The van der Waals surface area contributed by atoms with Crippen LogP contribution < -0.4 is 14.8 Å². The lowest BCUT2D eigenvalue weighted by Gasteiger charge is -2.11. The topological polar surface area (TPSA) is 30.5 Å². The van der Waals surface area contributed by atoms with Crippen molar-refractivity contribution < 1.29 is 9.47 Å². The molecule has 0 atom stereocenters. The first kappa shape index (κ1) is 14.7. The van der Waals surface area contributed by atoms with E-state index < -0.39 is 0 Å². The maximum atomic E-state index is 5.26. The summed E-state index contributed by atoms with van der Waals surface area (Å²) in [5.41, 5.74) is 3.42. The van der Waals surface area contributed by atoms with Crippen LogP contribution in [0.15, 0.2) is 40.9 Å². The molecule has 0 aliphatic heterocycles. The first-order valence-electron chi connectivity index (χ1n) is 6.34. The van der Waals surface area contributed by atoms with Gasteiger partial charge in [-0.05, 0) is 24.1 Å². The van der Waals surface area contributed by atoms with Gasteiger partial charge in [0.1, 0.15) is 11.5 Å². The van der Waals surface area contributed by atoms with Crippen LogP contribution in [0.4, 0.5) is 5.69 Å². The number of methoxy groups -OCH3 is 2. The SMILES string of the molecule is COc1cc(NCc2ccc(C)c(Br)c2)cc(OC)c1. The molecule has 2 aromatic rings. The zero-order chi connectivity index (χ0) is 14.5. The zero-order valence-corrected chi connectivity index (χ0v) is 13.5. The second kappa shape index (κ2) is 6.66. The summed E-state index contributed by atoms with van der Waals surface area (Å²) < 4.78 is 11.6. The van der Waals surface area contributed by atoms with Gasteiger partial charge in [-0.2, -0.15) is 0 Å². The Bertz CT molecular complexity index is 577. The fraction of sp³-hybridized carbons (Fsp3) is 0.250. The van der Waals surface area contributed by atoms with Crippen molar-refractivity contribution in [2.75, 3.05) is 19.5 Å². The predicted molar refractivity (Wildman–Crippen MR) is 85.8 cm³/mol. The van der Waals surface area contributed by atoms with Gasteiger partial charge < -0.3 is 14.8 Å². The minimum absolute atomic E-state index is 0.745. The monoisotopic (exact) mass is 335 g/mol. The molecule has 1 N–H and O–H groups in total. The molecule has 2 rings (SSSR count). The lowest BCUT2D eigenvalue weighted by atomic mass is 10.1. The molecule has 20 heavy (non-hydrogen) atoms. The Kier molecular flexibility index (Phi) is 4.90. The highest BCUT2D eigenvalue weighted by Gasteiger charge is 2.02. The van der Waals surface area contributed by atoms with Gasteiger partial charge in [0.2, 0.25) is 0 Å². The highest BCUT2D eigenvalue weighted by atomic mass is 79.9. The van der Waals surface area contributed by atoms with E-state index in [0.717, 1.165) is 28.2 Å². The zero-order valence-electron chi connectivity index (χ0n) is 11.9. The van der Waals surface area contributed by atoms with Crippen LogP contribution in [0.3, 0.4) is 0 Å². The third-order valence-corrected chi connectivity index (χ3v) is 3.94. The van der Waals surface area contributed by atoms with Crippen molar-refractivity contribution in [1.82, 2.24) is 0 Å². The first-order chi connectivity index (χ1) is 9.62. The third-order valence-electron chi connectivity index (χ3n) is 3.08. The molecule has 0 saturated carbocycles. The Balaban J connectivity index is 2.11. The van der Waals surface area contributed by atoms with E-state index in [1.54, 1.807) is 14.2 Å². The van der Waals surface area contributed by atoms with Crippen LogP contribution in [-0.4, -0.2) is 14.2 Å². The van der Waals surface area contributed by atoms with Crippen LogP contribution in [0.5, 0.6) is 11.5 Å². The first-order valence-corrected chi connectivity index (χ1v) is 7.13. The van der Waals surface area contributed by atoms with Crippen molar-refractivity contribution in [2.24, 2.45) is 0 Å². The number of benzene rings is 2. The lowest BCUT2D eigenvalue weighted by molar-refractivity contribution is 0.394. The van der Waals surface area contributed by atoms with Gasteiger partial charge in [0.05, 0.1) is 14.2 Å². The van der Waals surface area contributed by atoms with Crippen LogP contribution in [-0.2, 0) is 6.54 Å². The molecule has 0 radical (unpaired) electrons. The van der Waals surface area contributed by atoms with Gasteiger partial charge in [-0.15, -0.1) is 0 Å². The molecule has 0 amide bonds. The number of ether oxygens (including phenoxy) is 2. The standard InChI is InChI=1S/C16H18BrNO2/c1-11-4-5-12(6-16(11)17)10-18-13-7-14(19-2)9-15(8-13)20-3/h4-9,18H,10H2,1-3H3. The summed E-state index contributed by atoms with van der Waals surface area (Å²) in [6, 6.07) is 12.1. The maximum absolute atomic E-state index is 5.26. The molecular weight excluding hydrogens is 318 g/mol. The number of hydrogen-bond acceptors (Lipinski definition) is 3. The second-order valence-electron chi connectivity index (χ2n) is 4.54. The van der Waals surface area contributed by atoms with Gasteiger partial charge in [-0.3, -0.25) is 0 Å². The van der Waals surface area contributed by atoms with Crippen LogP contribution in [0.25, 0.3) is 0 Å². The number of rotatable bonds is 5. The Hall–Kier alpha value is -1.68. The van der Waals surface area contributed by atoms with Crippen molar-refractivity contribution in [3.8, 4) is 11.5 Å². The van der Waals surface area contributed by atoms with E-state index in [4.69, 9.17) is 9.47 Å². The highest BCUT2D eigenvalue weighted by molar-refractivity contribution is 9.10. The minimum Gasteiger partial charge on any atom is -0.497 e. The van der Waals surface area contributed by atoms with Crippen molar-refractivity contribution in [1.29, 1.82) is 0 Å². The van der Waals surface area contributed by atoms with Crippen molar-refractivity contribution in [3.63, 3.8) is 0 Å². The third kappa shape index (κ3) is 3.67. The van der Waals surface area contributed by atoms with E-state index in [0.29, 0.717) is 0 Å². The summed E-state index contributed by atoms with van der Waals surface area (Å²) in [4.78, 5) is 0. The Morgan fingerprint density at radius 2 is 1.65 bits per heavy atom. The van der Waals surface area contributed by atoms with E-state index in [-0.39, 0.29) is 0 Å². The number of anilines is 1. The molecule has 3 nitrogen and oxygen atoms in total. The largest absolute Gasteiger partial charge is 0.497 e. The van der Waals surface area contributed by atoms with Gasteiger partial charge in [0.25, 0.3) is 0 Å². The van der Waals surface area contributed by atoms with Crippen molar-refractivity contribution >= 4 is 21.6 Å². The van der Waals surface area contributed by atoms with Crippen LogP contribution >= 0.6 is 15.9 Å². The van der Waals surface area contributed by atoms with Crippen molar-refractivity contribution in [2.45, 2.75) is 13.5 Å². The minimum atomic E-state index is 0.745. The van der Waals surface area contributed by atoms with E-state index in [1.165, 1.54) is 11.1 Å². The molecule has 0 aromatic heterocycles. The van der Waals surface area contributed by atoms with Gasteiger partial charge in [-0.1, -0.05) is 28.1 Å². The molecule has 0 aliphatic carbocycles. The molecular formula is C16H18BrNO2. The fourth-order valence-electron chi connectivity index (χ4n) is 1.86. The summed E-state index contributed by atoms with van der Waals surface area (Å²) in [5.74, 6) is 1.55. The van der Waals surface area contributed by atoms with Gasteiger partial charge >= 0.3 is 0 Å².